The lowest BCUT2D eigenvalue weighted by Crippen LogP contribution is -2.43. The molecule has 2 rings (SSSR count). The third-order valence-electron chi connectivity index (χ3n) is 3.11. The van der Waals surface area contributed by atoms with Crippen molar-refractivity contribution in [1.82, 2.24) is 0 Å². The molecule has 1 atom stereocenters. The molecule has 1 N–H and O–H groups in total. The Balaban J connectivity index is 2.31. The maximum Gasteiger partial charge on any atom is 0.169 e. The van der Waals surface area contributed by atoms with Crippen LogP contribution in [0.25, 0.3) is 0 Å². The van der Waals surface area contributed by atoms with Crippen LogP contribution in [0.4, 0.5) is 0 Å². The molecule has 72 valence electrons. The highest BCUT2D eigenvalue weighted by Crippen LogP contribution is 2.47. The molecule has 1 unspecified atom stereocenters. The van der Waals surface area contributed by atoms with Gasteiger partial charge < -0.3 is 9.52 Å². The minimum atomic E-state index is -0.320. The Morgan fingerprint density at radius 3 is 2.54 bits per heavy atom. The standard InChI is InChI=1S/C10H13BrO2/c1-7(12)10(5-2-6-10)8-3-4-9(11)13-8/h3-4,7,12H,2,5-6H2,1H3. The van der Waals surface area contributed by atoms with Gasteiger partial charge in [-0.3, -0.25) is 0 Å². The van der Waals surface area contributed by atoms with Gasteiger partial charge in [0.2, 0.25) is 0 Å². The summed E-state index contributed by atoms with van der Waals surface area (Å²) in [5.74, 6) is 0.917. The third-order valence-corrected chi connectivity index (χ3v) is 3.54. The summed E-state index contributed by atoms with van der Waals surface area (Å²) in [6.45, 7) is 1.84. The largest absolute Gasteiger partial charge is 0.454 e. The molecule has 0 radical (unpaired) electrons. The molecular formula is C10H13BrO2. The second-order valence-corrected chi connectivity index (χ2v) is 4.57. The Morgan fingerprint density at radius 1 is 1.54 bits per heavy atom. The molecule has 0 aliphatic heterocycles. The highest BCUT2D eigenvalue weighted by atomic mass is 79.9. The van der Waals surface area contributed by atoms with E-state index >= 15 is 0 Å². The molecule has 1 aliphatic carbocycles. The quantitative estimate of drug-likeness (QED) is 0.869. The van der Waals surface area contributed by atoms with Gasteiger partial charge in [-0.1, -0.05) is 6.42 Å². The van der Waals surface area contributed by atoms with Gasteiger partial charge >= 0.3 is 0 Å². The summed E-state index contributed by atoms with van der Waals surface area (Å²) >= 11 is 3.28. The second kappa shape index (κ2) is 3.14. The van der Waals surface area contributed by atoms with E-state index in [0.717, 1.165) is 23.3 Å². The minimum absolute atomic E-state index is 0.105. The zero-order valence-corrected chi connectivity index (χ0v) is 9.17. The monoisotopic (exact) mass is 244 g/mol. The molecule has 0 saturated heterocycles. The van der Waals surface area contributed by atoms with Crippen LogP contribution in [0.2, 0.25) is 0 Å². The molecule has 0 spiro atoms. The predicted octanol–water partition coefficient (Wildman–Crippen LogP) is 2.84. The van der Waals surface area contributed by atoms with Gasteiger partial charge in [0.1, 0.15) is 5.76 Å². The Kier molecular flexibility index (Phi) is 2.24. The molecule has 1 aromatic rings. The first-order valence-corrected chi connectivity index (χ1v) is 5.38. The number of hydrogen-bond donors (Lipinski definition) is 1. The Bertz CT molecular complexity index is 300. The van der Waals surface area contributed by atoms with E-state index in [2.05, 4.69) is 15.9 Å². The molecule has 1 aliphatic rings. The van der Waals surface area contributed by atoms with Gasteiger partial charge in [0, 0.05) is 0 Å². The van der Waals surface area contributed by atoms with Gasteiger partial charge in [-0.25, -0.2) is 0 Å². The van der Waals surface area contributed by atoms with Crippen molar-refractivity contribution in [3.63, 3.8) is 0 Å². The molecular weight excluding hydrogens is 232 g/mol. The highest BCUT2D eigenvalue weighted by molar-refractivity contribution is 9.10. The van der Waals surface area contributed by atoms with Crippen LogP contribution < -0.4 is 0 Å². The van der Waals surface area contributed by atoms with Crippen LogP contribution in [-0.2, 0) is 5.41 Å². The average molecular weight is 245 g/mol. The summed E-state index contributed by atoms with van der Waals surface area (Å²) in [6.07, 6.45) is 2.93. The molecule has 1 aromatic heterocycles. The number of hydrogen-bond acceptors (Lipinski definition) is 2. The summed E-state index contributed by atoms with van der Waals surface area (Å²) in [6, 6.07) is 3.84. The van der Waals surface area contributed by atoms with E-state index in [1.165, 1.54) is 6.42 Å². The van der Waals surface area contributed by atoms with E-state index in [1.807, 2.05) is 19.1 Å². The Labute approximate surface area is 86.1 Å². The van der Waals surface area contributed by atoms with Crippen molar-refractivity contribution < 1.29 is 9.52 Å². The highest BCUT2D eigenvalue weighted by Gasteiger charge is 2.45. The van der Waals surface area contributed by atoms with E-state index in [9.17, 15) is 5.11 Å². The number of aliphatic hydroxyl groups is 1. The van der Waals surface area contributed by atoms with Crippen molar-refractivity contribution >= 4 is 15.9 Å². The third kappa shape index (κ3) is 1.34. The topological polar surface area (TPSA) is 33.4 Å². The van der Waals surface area contributed by atoms with Crippen molar-refractivity contribution in [3.05, 3.63) is 22.6 Å². The number of aliphatic hydroxyl groups excluding tert-OH is 1. The zero-order valence-electron chi connectivity index (χ0n) is 7.59. The molecule has 2 nitrogen and oxygen atoms in total. The van der Waals surface area contributed by atoms with E-state index in [0.29, 0.717) is 0 Å². The van der Waals surface area contributed by atoms with Crippen molar-refractivity contribution in [1.29, 1.82) is 0 Å². The van der Waals surface area contributed by atoms with Crippen LogP contribution in [0.1, 0.15) is 31.9 Å². The van der Waals surface area contributed by atoms with E-state index in [-0.39, 0.29) is 11.5 Å². The van der Waals surface area contributed by atoms with Gasteiger partial charge in [-0.2, -0.15) is 0 Å². The second-order valence-electron chi connectivity index (χ2n) is 3.79. The fourth-order valence-electron chi connectivity index (χ4n) is 2.01. The lowest BCUT2D eigenvalue weighted by molar-refractivity contribution is 0.0262. The summed E-state index contributed by atoms with van der Waals surface area (Å²) in [5.41, 5.74) is -0.105. The summed E-state index contributed by atoms with van der Waals surface area (Å²) in [4.78, 5) is 0. The molecule has 1 saturated carbocycles. The first kappa shape index (κ1) is 9.28. The van der Waals surface area contributed by atoms with Gasteiger partial charge in [-0.05, 0) is 47.8 Å². The van der Waals surface area contributed by atoms with Crippen molar-refractivity contribution in [2.24, 2.45) is 0 Å². The molecule has 1 heterocycles. The fraction of sp³-hybridized carbons (Fsp3) is 0.600. The summed E-state index contributed by atoms with van der Waals surface area (Å²) < 4.78 is 6.25. The number of furan rings is 1. The Hall–Kier alpha value is -0.280. The summed E-state index contributed by atoms with van der Waals surface area (Å²) in [7, 11) is 0. The molecule has 0 aromatic carbocycles. The number of halogens is 1. The predicted molar refractivity (Wildman–Crippen MR) is 53.6 cm³/mol. The SMILES string of the molecule is CC(O)C1(c2ccc(Br)o2)CCC1. The maximum atomic E-state index is 9.71. The van der Waals surface area contributed by atoms with Crippen LogP contribution in [0.15, 0.2) is 21.2 Å². The molecule has 13 heavy (non-hydrogen) atoms. The van der Waals surface area contributed by atoms with Crippen molar-refractivity contribution in [2.45, 2.75) is 37.7 Å². The summed E-state index contributed by atoms with van der Waals surface area (Å²) in [5, 5.41) is 9.71. The Morgan fingerprint density at radius 2 is 2.23 bits per heavy atom. The van der Waals surface area contributed by atoms with Crippen LogP contribution in [-0.4, -0.2) is 11.2 Å². The van der Waals surface area contributed by atoms with Crippen molar-refractivity contribution in [2.75, 3.05) is 0 Å². The molecule has 1 fully saturated rings. The van der Waals surface area contributed by atoms with Gasteiger partial charge in [-0.15, -0.1) is 0 Å². The minimum Gasteiger partial charge on any atom is -0.454 e. The lowest BCUT2D eigenvalue weighted by Gasteiger charge is -2.42. The molecule has 3 heteroatoms. The van der Waals surface area contributed by atoms with Gasteiger partial charge in [0.15, 0.2) is 4.67 Å². The molecule has 0 bridgehead atoms. The first-order valence-electron chi connectivity index (χ1n) is 4.59. The van der Waals surface area contributed by atoms with Gasteiger partial charge in [0.05, 0.1) is 11.5 Å². The number of rotatable bonds is 2. The average Bonchev–Trinajstić information content (AvgIpc) is 2.32. The van der Waals surface area contributed by atoms with Crippen LogP contribution in [0.3, 0.4) is 0 Å². The zero-order chi connectivity index (χ0) is 9.47. The smallest absolute Gasteiger partial charge is 0.169 e. The van der Waals surface area contributed by atoms with E-state index in [1.54, 1.807) is 0 Å². The van der Waals surface area contributed by atoms with Crippen LogP contribution in [0.5, 0.6) is 0 Å². The molecule has 0 amide bonds. The van der Waals surface area contributed by atoms with Gasteiger partial charge in [0.25, 0.3) is 0 Å². The van der Waals surface area contributed by atoms with Crippen LogP contribution in [0, 0.1) is 0 Å². The maximum absolute atomic E-state index is 9.71. The van der Waals surface area contributed by atoms with Crippen LogP contribution >= 0.6 is 15.9 Å². The lowest BCUT2D eigenvalue weighted by atomic mass is 9.64. The van der Waals surface area contributed by atoms with E-state index < -0.39 is 0 Å². The van der Waals surface area contributed by atoms with E-state index in [4.69, 9.17) is 4.42 Å². The fourth-order valence-corrected chi connectivity index (χ4v) is 2.32. The first-order chi connectivity index (χ1) is 6.15. The normalized spacial score (nSPS) is 22.4. The van der Waals surface area contributed by atoms with Crippen molar-refractivity contribution in [3.8, 4) is 0 Å².